The number of carbonyl (C=O) groups excluding carboxylic acids is 1. The Morgan fingerprint density at radius 3 is 2.86 bits per heavy atom. The number of piperazine rings is 1. The summed E-state index contributed by atoms with van der Waals surface area (Å²) in [4.78, 5) is 11.8. The van der Waals surface area contributed by atoms with E-state index in [9.17, 15) is 17.6 Å². The molecule has 1 amide bonds. The molecule has 1 unspecified atom stereocenters. The Hall–Kier alpha value is -1.51. The first-order valence-electron chi connectivity index (χ1n) is 6.58. The van der Waals surface area contributed by atoms with Crippen molar-refractivity contribution in [3.8, 4) is 0 Å². The van der Waals surface area contributed by atoms with Crippen LogP contribution in [0.15, 0.2) is 23.1 Å². The van der Waals surface area contributed by atoms with Crippen LogP contribution in [0, 0.1) is 12.7 Å². The highest BCUT2D eigenvalue weighted by atomic mass is 32.2. The number of hydrogen-bond donors (Lipinski definition) is 2. The van der Waals surface area contributed by atoms with E-state index in [4.69, 9.17) is 0 Å². The van der Waals surface area contributed by atoms with Crippen LogP contribution < -0.4 is 10.6 Å². The second-order valence-corrected chi connectivity index (χ2v) is 6.72. The number of rotatable bonds is 3. The molecule has 1 fully saturated rings. The first kappa shape index (κ1) is 15.9. The van der Waals surface area contributed by atoms with Gasteiger partial charge in [0.25, 0.3) is 0 Å². The summed E-state index contributed by atoms with van der Waals surface area (Å²) in [6.07, 6.45) is 0. The standard InChI is InChI=1S/C13H18FN3O3S/c1-9-3-4-10(14)7-12(9)21(19,20)17-6-5-16-8-11(17)13(18)15-2/h3-4,7,11,16H,5-6,8H2,1-2H3,(H,15,18). The molecule has 1 aromatic carbocycles. The molecule has 1 aromatic rings. The fourth-order valence-corrected chi connectivity index (χ4v) is 4.17. The van der Waals surface area contributed by atoms with Crippen molar-refractivity contribution in [2.24, 2.45) is 0 Å². The lowest BCUT2D eigenvalue weighted by molar-refractivity contribution is -0.124. The normalized spacial score (nSPS) is 20.2. The van der Waals surface area contributed by atoms with Gasteiger partial charge in [-0.1, -0.05) is 6.07 Å². The quantitative estimate of drug-likeness (QED) is 0.813. The Kier molecular flexibility index (Phi) is 4.60. The zero-order valence-electron chi connectivity index (χ0n) is 11.9. The molecule has 0 spiro atoms. The van der Waals surface area contributed by atoms with Gasteiger partial charge in [0.15, 0.2) is 0 Å². The van der Waals surface area contributed by atoms with Gasteiger partial charge in [-0.2, -0.15) is 4.31 Å². The molecule has 0 aromatic heterocycles. The lowest BCUT2D eigenvalue weighted by Crippen LogP contribution is -2.59. The summed E-state index contributed by atoms with van der Waals surface area (Å²) in [5, 5.41) is 5.44. The Morgan fingerprint density at radius 1 is 1.48 bits per heavy atom. The summed E-state index contributed by atoms with van der Waals surface area (Å²) in [7, 11) is -2.47. The third kappa shape index (κ3) is 3.07. The number of hydrogen-bond acceptors (Lipinski definition) is 4. The van der Waals surface area contributed by atoms with E-state index in [1.165, 1.54) is 19.2 Å². The van der Waals surface area contributed by atoms with E-state index >= 15 is 0 Å². The minimum atomic E-state index is -3.93. The van der Waals surface area contributed by atoms with Gasteiger partial charge in [-0.15, -0.1) is 0 Å². The van der Waals surface area contributed by atoms with E-state index in [-0.39, 0.29) is 23.9 Å². The van der Waals surface area contributed by atoms with Crippen LogP contribution in [-0.2, 0) is 14.8 Å². The van der Waals surface area contributed by atoms with Gasteiger partial charge in [0.2, 0.25) is 15.9 Å². The second kappa shape index (κ2) is 6.08. The maximum Gasteiger partial charge on any atom is 0.244 e. The maximum atomic E-state index is 13.4. The summed E-state index contributed by atoms with van der Waals surface area (Å²) >= 11 is 0. The molecule has 0 saturated carbocycles. The van der Waals surface area contributed by atoms with Gasteiger partial charge >= 0.3 is 0 Å². The molecule has 21 heavy (non-hydrogen) atoms. The molecule has 2 N–H and O–H groups in total. The summed E-state index contributed by atoms with van der Waals surface area (Å²) in [6.45, 7) is 2.44. The average Bonchev–Trinajstić information content (AvgIpc) is 2.48. The maximum absolute atomic E-state index is 13.4. The number of nitrogens with one attached hydrogen (secondary N) is 2. The largest absolute Gasteiger partial charge is 0.358 e. The smallest absolute Gasteiger partial charge is 0.244 e. The van der Waals surface area contributed by atoms with Crippen molar-refractivity contribution >= 4 is 15.9 Å². The number of sulfonamides is 1. The molecule has 0 bridgehead atoms. The molecule has 0 radical (unpaired) electrons. The van der Waals surface area contributed by atoms with Crippen LogP contribution in [-0.4, -0.2) is 51.4 Å². The van der Waals surface area contributed by atoms with Gasteiger partial charge in [0.05, 0.1) is 4.90 Å². The van der Waals surface area contributed by atoms with E-state index in [1.807, 2.05) is 0 Å². The van der Waals surface area contributed by atoms with Gasteiger partial charge in [-0.3, -0.25) is 4.79 Å². The van der Waals surface area contributed by atoms with Crippen LogP contribution in [0.4, 0.5) is 4.39 Å². The van der Waals surface area contributed by atoms with Crippen molar-refractivity contribution in [1.29, 1.82) is 0 Å². The van der Waals surface area contributed by atoms with E-state index in [0.717, 1.165) is 10.4 Å². The Bertz CT molecular complexity index is 648. The van der Waals surface area contributed by atoms with Crippen molar-refractivity contribution in [1.82, 2.24) is 14.9 Å². The minimum Gasteiger partial charge on any atom is -0.358 e. The van der Waals surface area contributed by atoms with Gasteiger partial charge < -0.3 is 10.6 Å². The zero-order valence-corrected chi connectivity index (χ0v) is 12.7. The summed E-state index contributed by atoms with van der Waals surface area (Å²) in [5.41, 5.74) is 0.450. The third-order valence-corrected chi connectivity index (χ3v) is 5.53. The molecular formula is C13H18FN3O3S. The molecule has 1 aliphatic rings. The van der Waals surface area contributed by atoms with Crippen LogP contribution in [0.5, 0.6) is 0 Å². The highest BCUT2D eigenvalue weighted by Gasteiger charge is 2.37. The van der Waals surface area contributed by atoms with Crippen LogP contribution >= 0.6 is 0 Å². The fourth-order valence-electron chi connectivity index (χ4n) is 2.34. The average molecular weight is 315 g/mol. The molecule has 2 rings (SSSR count). The Morgan fingerprint density at radius 2 is 2.19 bits per heavy atom. The van der Waals surface area contributed by atoms with Crippen molar-refractivity contribution in [2.75, 3.05) is 26.7 Å². The molecule has 1 atom stereocenters. The van der Waals surface area contributed by atoms with Crippen LogP contribution in [0.25, 0.3) is 0 Å². The molecule has 0 aliphatic carbocycles. The number of halogens is 1. The minimum absolute atomic E-state index is 0.0988. The van der Waals surface area contributed by atoms with Gasteiger partial charge in [0, 0.05) is 26.7 Å². The van der Waals surface area contributed by atoms with Crippen molar-refractivity contribution < 1.29 is 17.6 Å². The van der Waals surface area contributed by atoms with E-state index in [1.54, 1.807) is 6.92 Å². The van der Waals surface area contributed by atoms with Crippen LogP contribution in [0.3, 0.4) is 0 Å². The Labute approximate surface area is 123 Å². The van der Waals surface area contributed by atoms with Crippen LogP contribution in [0.1, 0.15) is 5.56 Å². The van der Waals surface area contributed by atoms with Gasteiger partial charge in [-0.05, 0) is 24.6 Å². The number of nitrogens with zero attached hydrogens (tertiary/aromatic N) is 1. The molecule has 6 nitrogen and oxygen atoms in total. The fraction of sp³-hybridized carbons (Fsp3) is 0.462. The highest BCUT2D eigenvalue weighted by molar-refractivity contribution is 7.89. The molecule has 1 saturated heterocycles. The monoisotopic (exact) mass is 315 g/mol. The van der Waals surface area contributed by atoms with Crippen molar-refractivity contribution in [2.45, 2.75) is 17.9 Å². The molecule has 8 heteroatoms. The van der Waals surface area contributed by atoms with E-state index in [0.29, 0.717) is 12.1 Å². The topological polar surface area (TPSA) is 78.5 Å². The molecular weight excluding hydrogens is 297 g/mol. The van der Waals surface area contributed by atoms with Crippen LogP contribution in [0.2, 0.25) is 0 Å². The SMILES string of the molecule is CNC(=O)C1CNCCN1S(=O)(=O)c1cc(F)ccc1C. The van der Waals surface area contributed by atoms with Gasteiger partial charge in [-0.25, -0.2) is 12.8 Å². The predicted molar refractivity (Wildman–Crippen MR) is 75.8 cm³/mol. The van der Waals surface area contributed by atoms with E-state index in [2.05, 4.69) is 10.6 Å². The third-order valence-electron chi connectivity index (χ3n) is 3.48. The summed E-state index contributed by atoms with van der Waals surface area (Å²) in [5.74, 6) is -1.01. The van der Waals surface area contributed by atoms with E-state index < -0.39 is 21.9 Å². The van der Waals surface area contributed by atoms with Crippen molar-refractivity contribution in [3.63, 3.8) is 0 Å². The zero-order chi connectivity index (χ0) is 15.6. The number of aryl methyl sites for hydroxylation is 1. The second-order valence-electron chi connectivity index (χ2n) is 4.86. The lowest BCUT2D eigenvalue weighted by atomic mass is 10.2. The number of amides is 1. The summed E-state index contributed by atoms with van der Waals surface area (Å²) < 4.78 is 40.0. The number of carbonyl (C=O) groups is 1. The van der Waals surface area contributed by atoms with Gasteiger partial charge in [0.1, 0.15) is 11.9 Å². The number of likely N-dealkylation sites (N-methyl/N-ethyl adjacent to an activating group) is 1. The summed E-state index contributed by atoms with van der Waals surface area (Å²) in [6, 6.07) is 2.78. The molecule has 1 aliphatic heterocycles. The first-order chi connectivity index (χ1) is 9.87. The highest BCUT2D eigenvalue weighted by Crippen LogP contribution is 2.23. The number of benzene rings is 1. The first-order valence-corrected chi connectivity index (χ1v) is 8.02. The molecule has 116 valence electrons. The Balaban J connectivity index is 2.45. The molecule has 1 heterocycles. The lowest BCUT2D eigenvalue weighted by Gasteiger charge is -2.34. The van der Waals surface area contributed by atoms with Crippen molar-refractivity contribution in [3.05, 3.63) is 29.6 Å². The predicted octanol–water partition coefficient (Wildman–Crippen LogP) is -0.157.